The maximum absolute atomic E-state index is 14.7. The molecule has 1 fully saturated rings. The van der Waals surface area contributed by atoms with Crippen LogP contribution in [0.3, 0.4) is 0 Å². The van der Waals surface area contributed by atoms with E-state index in [0.717, 1.165) is 17.4 Å². The largest absolute Gasteiger partial charge is 0.573 e. The monoisotopic (exact) mass is 635 g/mol. The van der Waals surface area contributed by atoms with E-state index in [1.54, 1.807) is 18.2 Å². The van der Waals surface area contributed by atoms with Gasteiger partial charge in [0.25, 0.3) is 0 Å². The Morgan fingerprint density at radius 3 is 2.50 bits per heavy atom. The number of halogens is 7. The van der Waals surface area contributed by atoms with Crippen molar-refractivity contribution in [1.82, 2.24) is 4.90 Å². The van der Waals surface area contributed by atoms with Gasteiger partial charge in [0, 0.05) is 18.4 Å². The Morgan fingerprint density at radius 1 is 1.12 bits per heavy atom. The van der Waals surface area contributed by atoms with E-state index in [1.165, 1.54) is 25.5 Å². The standard InChI is InChI=1S/C28H29F7N3O2PS/c1-38-13-11-21(20(29)16-38)37-23-7-4-6-18-19(15-27(30,31)32)25(42-26(18)23)8-5-12-36-22-10-9-17(41(2,3)39)14-24(22)40-28(33,34)35/h4,6-7,9-10,14,20-21,36-37H,11-13,15-16H2,1-3H3/t20-,21+/m1/s1. The summed E-state index contributed by atoms with van der Waals surface area (Å²) in [5.41, 5.74) is 0.421. The number of benzene rings is 2. The summed E-state index contributed by atoms with van der Waals surface area (Å²) in [6.07, 6.45) is -11.4. The Morgan fingerprint density at radius 2 is 1.86 bits per heavy atom. The van der Waals surface area contributed by atoms with Crippen LogP contribution in [0.2, 0.25) is 0 Å². The van der Waals surface area contributed by atoms with Gasteiger partial charge in [0.2, 0.25) is 0 Å². The van der Waals surface area contributed by atoms with Gasteiger partial charge in [-0.3, -0.25) is 0 Å². The average Bonchev–Trinajstić information content (AvgIpc) is 3.19. The van der Waals surface area contributed by atoms with Crippen molar-refractivity contribution < 1.29 is 40.0 Å². The average molecular weight is 636 g/mol. The van der Waals surface area contributed by atoms with Crippen LogP contribution in [0.4, 0.5) is 42.1 Å². The first-order valence-electron chi connectivity index (χ1n) is 12.9. The summed E-state index contributed by atoms with van der Waals surface area (Å²) >= 11 is 1.04. The molecule has 0 aliphatic carbocycles. The highest BCUT2D eigenvalue weighted by molar-refractivity contribution is 7.70. The first kappa shape index (κ1) is 32.0. The molecule has 5 nitrogen and oxygen atoms in total. The van der Waals surface area contributed by atoms with E-state index in [9.17, 15) is 35.3 Å². The number of rotatable bonds is 7. The normalized spacial score (nSPS) is 18.4. The number of alkyl halides is 7. The number of hydrogen-bond acceptors (Lipinski definition) is 6. The zero-order valence-electron chi connectivity index (χ0n) is 22.9. The molecule has 1 saturated heterocycles. The summed E-state index contributed by atoms with van der Waals surface area (Å²) in [6, 6.07) is 8.10. The highest BCUT2D eigenvalue weighted by Gasteiger charge is 2.34. The molecule has 0 spiro atoms. The lowest BCUT2D eigenvalue weighted by atomic mass is 10.0. The molecule has 0 bridgehead atoms. The first-order valence-corrected chi connectivity index (χ1v) is 16.3. The molecule has 0 radical (unpaired) electrons. The lowest BCUT2D eigenvalue weighted by Crippen LogP contribution is -2.46. The smallest absolute Gasteiger partial charge is 0.404 e. The van der Waals surface area contributed by atoms with Crippen LogP contribution in [-0.4, -0.2) is 69.7 Å². The second-order valence-electron chi connectivity index (χ2n) is 10.4. The fraction of sp³-hybridized carbons (Fsp3) is 0.429. The Kier molecular flexibility index (Phi) is 9.40. The van der Waals surface area contributed by atoms with Gasteiger partial charge in [0.05, 0.1) is 40.0 Å². The van der Waals surface area contributed by atoms with Crippen molar-refractivity contribution in [2.75, 3.05) is 50.6 Å². The molecule has 2 atom stereocenters. The van der Waals surface area contributed by atoms with Gasteiger partial charge in [0.15, 0.2) is 5.75 Å². The summed E-state index contributed by atoms with van der Waals surface area (Å²) in [5, 5.41) is 6.40. The molecular weight excluding hydrogens is 606 g/mol. The SMILES string of the molecule is CN1CC[C@H](Nc2cccc3c(CC(F)(F)F)c(C#CCNc4ccc(P(C)(C)=O)cc4OC(F)(F)F)sc23)[C@H](F)C1. The fourth-order valence-electron chi connectivity index (χ4n) is 4.65. The highest BCUT2D eigenvalue weighted by Crippen LogP contribution is 2.40. The second-order valence-corrected chi connectivity index (χ2v) is 14.7. The van der Waals surface area contributed by atoms with Crippen molar-refractivity contribution in [3.8, 4) is 17.6 Å². The van der Waals surface area contributed by atoms with E-state index in [1.807, 2.05) is 11.9 Å². The lowest BCUT2D eigenvalue weighted by molar-refractivity contribution is -0.274. The van der Waals surface area contributed by atoms with Crippen LogP contribution >= 0.6 is 18.5 Å². The second kappa shape index (κ2) is 12.3. The van der Waals surface area contributed by atoms with Crippen molar-refractivity contribution in [2.24, 2.45) is 0 Å². The summed E-state index contributed by atoms with van der Waals surface area (Å²) in [4.78, 5) is 2.02. The van der Waals surface area contributed by atoms with Crippen LogP contribution in [0.1, 0.15) is 16.9 Å². The molecule has 2 N–H and O–H groups in total. The number of piperidine rings is 1. The minimum atomic E-state index is -5.00. The van der Waals surface area contributed by atoms with Gasteiger partial charge in [-0.05, 0) is 62.0 Å². The molecule has 2 heterocycles. The number of likely N-dealkylation sites (tertiary alicyclic amines) is 1. The van der Waals surface area contributed by atoms with Gasteiger partial charge >= 0.3 is 12.5 Å². The van der Waals surface area contributed by atoms with E-state index in [-0.39, 0.29) is 34.5 Å². The number of fused-ring (bicyclic) bond motifs is 1. The van der Waals surface area contributed by atoms with E-state index in [4.69, 9.17) is 0 Å². The molecular formula is C28H29F7N3O2PS. The Balaban J connectivity index is 1.62. The van der Waals surface area contributed by atoms with E-state index < -0.39 is 44.1 Å². The van der Waals surface area contributed by atoms with E-state index in [2.05, 4.69) is 27.2 Å². The minimum Gasteiger partial charge on any atom is -0.404 e. The van der Waals surface area contributed by atoms with Gasteiger partial charge in [-0.1, -0.05) is 24.0 Å². The quantitative estimate of drug-likeness (QED) is 0.165. The number of nitrogens with zero attached hydrogens (tertiary/aromatic N) is 1. The molecule has 228 valence electrons. The zero-order valence-corrected chi connectivity index (χ0v) is 24.6. The van der Waals surface area contributed by atoms with Crippen molar-refractivity contribution >= 4 is 45.2 Å². The van der Waals surface area contributed by atoms with Crippen molar-refractivity contribution in [2.45, 2.75) is 37.6 Å². The molecule has 0 unspecified atom stereocenters. The predicted octanol–water partition coefficient (Wildman–Crippen LogP) is 7.07. The van der Waals surface area contributed by atoms with Gasteiger partial charge in [0.1, 0.15) is 13.3 Å². The fourth-order valence-corrected chi connectivity index (χ4v) is 6.68. The van der Waals surface area contributed by atoms with Crippen LogP contribution in [0.5, 0.6) is 5.75 Å². The molecule has 1 aliphatic heterocycles. The van der Waals surface area contributed by atoms with E-state index in [0.29, 0.717) is 28.7 Å². The molecule has 1 aliphatic rings. The molecule has 4 rings (SSSR count). The van der Waals surface area contributed by atoms with Gasteiger partial charge in [-0.2, -0.15) is 13.2 Å². The zero-order chi connectivity index (χ0) is 30.9. The molecule has 14 heteroatoms. The third-order valence-electron chi connectivity index (χ3n) is 6.66. The van der Waals surface area contributed by atoms with Crippen LogP contribution in [0.15, 0.2) is 36.4 Å². The third-order valence-corrected chi connectivity index (χ3v) is 9.38. The molecule has 0 amide bonds. The number of hydrogen-bond donors (Lipinski definition) is 2. The van der Waals surface area contributed by atoms with Crippen LogP contribution in [-0.2, 0) is 11.0 Å². The summed E-state index contributed by atoms with van der Waals surface area (Å²) in [5.74, 6) is 4.83. The minimum absolute atomic E-state index is 0.0223. The topological polar surface area (TPSA) is 53.6 Å². The maximum atomic E-state index is 14.7. The van der Waals surface area contributed by atoms with Crippen molar-refractivity contribution in [3.05, 3.63) is 46.8 Å². The third kappa shape index (κ3) is 8.33. The summed E-state index contributed by atoms with van der Waals surface area (Å²) in [6.45, 7) is 3.53. The van der Waals surface area contributed by atoms with Crippen LogP contribution < -0.4 is 20.7 Å². The van der Waals surface area contributed by atoms with Gasteiger partial charge in [-0.15, -0.1) is 24.5 Å². The lowest BCUT2D eigenvalue weighted by Gasteiger charge is -2.33. The Bertz CT molecular complexity index is 1540. The number of anilines is 2. The molecule has 3 aromatic rings. The maximum Gasteiger partial charge on any atom is 0.573 e. The summed E-state index contributed by atoms with van der Waals surface area (Å²) < 4.78 is 111. The highest BCUT2D eigenvalue weighted by atomic mass is 32.1. The Labute approximate surface area is 242 Å². The first-order chi connectivity index (χ1) is 19.5. The summed E-state index contributed by atoms with van der Waals surface area (Å²) in [7, 11) is -1.06. The number of nitrogens with one attached hydrogen (secondary N) is 2. The van der Waals surface area contributed by atoms with Crippen LogP contribution in [0.25, 0.3) is 10.1 Å². The molecule has 2 aromatic carbocycles. The van der Waals surface area contributed by atoms with Crippen LogP contribution in [0, 0.1) is 11.8 Å². The Hall–Kier alpha value is -2.94. The van der Waals surface area contributed by atoms with Crippen molar-refractivity contribution in [3.63, 3.8) is 0 Å². The number of ether oxygens (including phenoxy) is 1. The number of thiophene rings is 1. The molecule has 0 saturated carbocycles. The van der Waals surface area contributed by atoms with Gasteiger partial charge in [-0.25, -0.2) is 4.39 Å². The van der Waals surface area contributed by atoms with Crippen molar-refractivity contribution in [1.29, 1.82) is 0 Å². The van der Waals surface area contributed by atoms with E-state index >= 15 is 0 Å². The molecule has 42 heavy (non-hydrogen) atoms. The molecule has 1 aromatic heterocycles. The predicted molar refractivity (Wildman–Crippen MR) is 154 cm³/mol. The van der Waals surface area contributed by atoms with Gasteiger partial charge < -0.3 is 24.8 Å².